The summed E-state index contributed by atoms with van der Waals surface area (Å²) in [6.45, 7) is 10.0. The molecular weight excluding hydrogens is 350 g/mol. The number of ether oxygens (including phenoxy) is 1. The molecule has 1 aromatic rings. The predicted octanol–water partition coefficient (Wildman–Crippen LogP) is 2.09. The fourth-order valence-corrected chi connectivity index (χ4v) is 4.12. The van der Waals surface area contributed by atoms with Crippen molar-refractivity contribution >= 4 is 23.6 Å². The van der Waals surface area contributed by atoms with Crippen LogP contribution in [0.2, 0.25) is 0 Å². The first-order valence-corrected chi connectivity index (χ1v) is 10.5. The Morgan fingerprint density at radius 2 is 2.19 bits per heavy atom. The number of piperidine rings is 1. The second kappa shape index (κ2) is 9.41. The first-order chi connectivity index (χ1) is 12.7. The Balaban J connectivity index is 1.70. The van der Waals surface area contributed by atoms with Crippen LogP contribution in [0.4, 0.5) is 5.95 Å². The smallest absolute Gasteiger partial charge is 0.230 e. The van der Waals surface area contributed by atoms with Crippen molar-refractivity contribution in [3.8, 4) is 0 Å². The van der Waals surface area contributed by atoms with Crippen LogP contribution in [-0.4, -0.2) is 58.8 Å². The van der Waals surface area contributed by atoms with Gasteiger partial charge in [-0.3, -0.25) is 9.36 Å². The Morgan fingerprint density at radius 1 is 1.38 bits per heavy atom. The van der Waals surface area contributed by atoms with Crippen molar-refractivity contribution in [2.75, 3.05) is 36.9 Å². The number of nitrogens with one attached hydrogen (secondary N) is 1. The van der Waals surface area contributed by atoms with Crippen LogP contribution in [0.3, 0.4) is 0 Å². The molecule has 8 heteroatoms. The summed E-state index contributed by atoms with van der Waals surface area (Å²) in [4.78, 5) is 14.2. The Labute approximate surface area is 159 Å². The van der Waals surface area contributed by atoms with Crippen LogP contribution < -0.4 is 10.2 Å². The summed E-state index contributed by atoms with van der Waals surface area (Å²) < 4.78 is 7.98. The summed E-state index contributed by atoms with van der Waals surface area (Å²) in [6.07, 6.45) is 6.42. The lowest BCUT2D eigenvalue weighted by Crippen LogP contribution is -2.35. The van der Waals surface area contributed by atoms with Gasteiger partial charge in [-0.1, -0.05) is 24.8 Å². The molecule has 1 unspecified atom stereocenters. The van der Waals surface area contributed by atoms with Gasteiger partial charge in [0, 0.05) is 26.2 Å². The molecule has 3 rings (SSSR count). The fraction of sp³-hybridized carbons (Fsp3) is 0.722. The zero-order valence-corrected chi connectivity index (χ0v) is 16.3. The number of hydrogen-bond donors (Lipinski definition) is 1. The van der Waals surface area contributed by atoms with Crippen molar-refractivity contribution < 1.29 is 9.53 Å². The molecule has 0 bridgehead atoms. The molecule has 26 heavy (non-hydrogen) atoms. The van der Waals surface area contributed by atoms with E-state index in [-0.39, 0.29) is 12.0 Å². The standard InChI is InChI=1S/C18H29N5O2S/c1-3-8-19-16(24)13-26-18-21-20-17(22-9-6-14(2)7-10-22)23(18)12-15-5-4-11-25-15/h3,14-15H,1,4-13H2,2H3,(H,19,24). The number of carbonyl (C=O) groups excluding carboxylic acids is 1. The first-order valence-electron chi connectivity index (χ1n) is 9.47. The number of rotatable bonds is 8. The summed E-state index contributed by atoms with van der Waals surface area (Å²) in [7, 11) is 0. The van der Waals surface area contributed by atoms with E-state index in [0.29, 0.717) is 12.3 Å². The molecule has 1 aromatic heterocycles. The zero-order chi connectivity index (χ0) is 18.4. The lowest BCUT2D eigenvalue weighted by molar-refractivity contribution is -0.118. The largest absolute Gasteiger partial charge is 0.376 e. The van der Waals surface area contributed by atoms with Gasteiger partial charge in [0.15, 0.2) is 5.16 Å². The minimum Gasteiger partial charge on any atom is -0.376 e. The van der Waals surface area contributed by atoms with Crippen molar-refractivity contribution in [3.05, 3.63) is 12.7 Å². The van der Waals surface area contributed by atoms with Crippen molar-refractivity contribution in [2.45, 2.75) is 50.4 Å². The van der Waals surface area contributed by atoms with E-state index in [9.17, 15) is 4.79 Å². The second-order valence-corrected chi connectivity index (χ2v) is 8.02. The quantitative estimate of drug-likeness (QED) is 0.551. The maximum absolute atomic E-state index is 11.9. The summed E-state index contributed by atoms with van der Waals surface area (Å²) in [5.74, 6) is 1.99. The van der Waals surface area contributed by atoms with Gasteiger partial charge in [-0.2, -0.15) is 0 Å². The molecule has 0 saturated carbocycles. The van der Waals surface area contributed by atoms with Crippen LogP contribution in [-0.2, 0) is 16.1 Å². The molecule has 2 aliphatic rings. The summed E-state index contributed by atoms with van der Waals surface area (Å²) in [5, 5.41) is 12.4. The normalized spacial score (nSPS) is 21.1. The van der Waals surface area contributed by atoms with Crippen LogP contribution in [0.25, 0.3) is 0 Å². The van der Waals surface area contributed by atoms with Gasteiger partial charge >= 0.3 is 0 Å². The molecule has 1 atom stereocenters. The number of hydrogen-bond acceptors (Lipinski definition) is 6. The topological polar surface area (TPSA) is 72.3 Å². The highest BCUT2D eigenvalue weighted by Gasteiger charge is 2.26. The van der Waals surface area contributed by atoms with E-state index in [1.807, 2.05) is 0 Å². The monoisotopic (exact) mass is 379 g/mol. The van der Waals surface area contributed by atoms with Crippen molar-refractivity contribution in [1.82, 2.24) is 20.1 Å². The SMILES string of the molecule is C=CCNC(=O)CSc1nnc(N2CCC(C)CC2)n1CC1CCCO1. The van der Waals surface area contributed by atoms with E-state index in [4.69, 9.17) is 4.74 Å². The highest BCUT2D eigenvalue weighted by Crippen LogP contribution is 2.27. The van der Waals surface area contributed by atoms with Crippen molar-refractivity contribution in [3.63, 3.8) is 0 Å². The third kappa shape index (κ3) is 5.01. The molecule has 2 aliphatic heterocycles. The number of nitrogens with zero attached hydrogens (tertiary/aromatic N) is 4. The highest BCUT2D eigenvalue weighted by molar-refractivity contribution is 7.99. The number of thioether (sulfide) groups is 1. The van der Waals surface area contributed by atoms with Gasteiger partial charge in [0.2, 0.25) is 11.9 Å². The molecule has 1 N–H and O–H groups in total. The molecule has 0 radical (unpaired) electrons. The van der Waals surface area contributed by atoms with Gasteiger partial charge in [0.1, 0.15) is 0 Å². The molecule has 2 saturated heterocycles. The first kappa shape index (κ1) is 19.2. The van der Waals surface area contributed by atoms with Crippen LogP contribution in [0, 0.1) is 5.92 Å². The Bertz CT molecular complexity index is 607. The maximum atomic E-state index is 11.9. The molecule has 0 aromatic carbocycles. The highest BCUT2D eigenvalue weighted by atomic mass is 32.2. The van der Waals surface area contributed by atoms with Gasteiger partial charge in [0.25, 0.3) is 0 Å². The van der Waals surface area contributed by atoms with E-state index in [1.54, 1.807) is 6.08 Å². The van der Waals surface area contributed by atoms with Gasteiger partial charge < -0.3 is 15.0 Å². The molecule has 1 amide bonds. The van der Waals surface area contributed by atoms with Crippen LogP contribution in [0.15, 0.2) is 17.8 Å². The minimum absolute atomic E-state index is 0.0186. The van der Waals surface area contributed by atoms with Crippen LogP contribution in [0.5, 0.6) is 0 Å². The molecule has 0 spiro atoms. The van der Waals surface area contributed by atoms with Gasteiger partial charge in [-0.15, -0.1) is 16.8 Å². The Morgan fingerprint density at radius 3 is 2.88 bits per heavy atom. The third-order valence-corrected chi connectivity index (χ3v) is 5.92. The molecule has 2 fully saturated rings. The summed E-state index contributed by atoms with van der Waals surface area (Å²) in [6, 6.07) is 0. The van der Waals surface area contributed by atoms with Gasteiger partial charge in [-0.05, 0) is 31.6 Å². The second-order valence-electron chi connectivity index (χ2n) is 7.08. The van der Waals surface area contributed by atoms with E-state index >= 15 is 0 Å². The van der Waals surface area contributed by atoms with E-state index in [0.717, 1.165) is 56.1 Å². The van der Waals surface area contributed by atoms with E-state index in [1.165, 1.54) is 24.6 Å². The predicted molar refractivity (Wildman–Crippen MR) is 104 cm³/mol. The summed E-state index contributed by atoms with van der Waals surface area (Å²) in [5.41, 5.74) is 0. The molecular formula is C18H29N5O2S. The average molecular weight is 380 g/mol. The van der Waals surface area contributed by atoms with Gasteiger partial charge in [-0.25, -0.2) is 0 Å². The van der Waals surface area contributed by atoms with Crippen molar-refractivity contribution in [1.29, 1.82) is 0 Å². The van der Waals surface area contributed by atoms with Crippen LogP contribution >= 0.6 is 11.8 Å². The number of carbonyl (C=O) groups is 1. The fourth-order valence-electron chi connectivity index (χ4n) is 3.35. The lowest BCUT2D eigenvalue weighted by Gasteiger charge is -2.31. The van der Waals surface area contributed by atoms with Crippen LogP contribution in [0.1, 0.15) is 32.6 Å². The average Bonchev–Trinajstić information content (AvgIpc) is 3.29. The molecule has 3 heterocycles. The lowest BCUT2D eigenvalue weighted by atomic mass is 10.00. The Kier molecular flexibility index (Phi) is 6.96. The zero-order valence-electron chi connectivity index (χ0n) is 15.5. The van der Waals surface area contributed by atoms with Gasteiger partial charge in [0.05, 0.1) is 18.4 Å². The maximum Gasteiger partial charge on any atom is 0.230 e. The van der Waals surface area contributed by atoms with E-state index in [2.05, 4.69) is 38.5 Å². The molecule has 144 valence electrons. The third-order valence-electron chi connectivity index (χ3n) is 4.95. The number of anilines is 1. The Hall–Kier alpha value is -1.54. The number of amides is 1. The minimum atomic E-state index is -0.0186. The number of aromatic nitrogens is 3. The summed E-state index contributed by atoms with van der Waals surface area (Å²) >= 11 is 1.44. The molecule has 0 aliphatic carbocycles. The van der Waals surface area contributed by atoms with E-state index < -0.39 is 0 Å². The molecule has 7 nitrogen and oxygen atoms in total. The van der Waals surface area contributed by atoms with Crippen molar-refractivity contribution in [2.24, 2.45) is 5.92 Å².